The van der Waals surface area contributed by atoms with Crippen LogP contribution in [0.25, 0.3) is 0 Å². The highest BCUT2D eigenvalue weighted by molar-refractivity contribution is 5.19. The molecular formula is C16H19N3O. The van der Waals surface area contributed by atoms with Gasteiger partial charge < -0.3 is 5.11 Å². The summed E-state index contributed by atoms with van der Waals surface area (Å²) in [6.07, 6.45) is 6.82. The van der Waals surface area contributed by atoms with Crippen molar-refractivity contribution in [2.45, 2.75) is 25.0 Å². The Hall–Kier alpha value is -1.78. The Morgan fingerprint density at radius 1 is 1.10 bits per heavy atom. The fraction of sp³-hybridized carbons (Fsp3) is 0.375. The van der Waals surface area contributed by atoms with Gasteiger partial charge in [0.25, 0.3) is 0 Å². The summed E-state index contributed by atoms with van der Waals surface area (Å²) in [6.45, 7) is 2.61. The number of aliphatic hydroxyl groups is 1. The van der Waals surface area contributed by atoms with Crippen LogP contribution in [-0.4, -0.2) is 33.1 Å². The summed E-state index contributed by atoms with van der Waals surface area (Å²) in [6, 6.07) is 9.83. The smallest absolute Gasteiger partial charge is 0.0935 e. The Balaban J connectivity index is 1.62. The van der Waals surface area contributed by atoms with Gasteiger partial charge in [-0.1, -0.05) is 12.1 Å². The number of nitrogens with zero attached hydrogens (tertiary/aromatic N) is 3. The molecule has 0 aliphatic carbocycles. The highest BCUT2D eigenvalue weighted by Crippen LogP contribution is 2.32. The van der Waals surface area contributed by atoms with Crippen LogP contribution >= 0.6 is 0 Å². The first-order valence-electron chi connectivity index (χ1n) is 7.01. The number of pyridine rings is 2. The second-order valence-electron chi connectivity index (χ2n) is 5.37. The van der Waals surface area contributed by atoms with E-state index in [2.05, 4.69) is 14.9 Å². The van der Waals surface area contributed by atoms with Crippen molar-refractivity contribution in [1.82, 2.24) is 14.9 Å². The average Bonchev–Trinajstić information content (AvgIpc) is 2.52. The SMILES string of the molecule is OC1(c2cccnc2)CCN(Cc2ccccn2)CC1. The third kappa shape index (κ3) is 2.86. The van der Waals surface area contributed by atoms with E-state index < -0.39 is 5.60 Å². The van der Waals surface area contributed by atoms with Crippen LogP contribution in [-0.2, 0) is 12.1 Å². The zero-order valence-corrected chi connectivity index (χ0v) is 11.4. The zero-order valence-electron chi connectivity index (χ0n) is 11.4. The Labute approximate surface area is 119 Å². The molecule has 0 aromatic carbocycles. The van der Waals surface area contributed by atoms with E-state index in [1.165, 1.54) is 0 Å². The summed E-state index contributed by atoms with van der Waals surface area (Å²) in [7, 11) is 0. The molecule has 0 amide bonds. The standard InChI is InChI=1S/C16H19N3O/c20-16(14-4-3-8-17-12-14)6-10-19(11-7-16)13-15-5-1-2-9-18-15/h1-5,8-9,12,20H,6-7,10-11,13H2. The Morgan fingerprint density at radius 2 is 1.95 bits per heavy atom. The first-order valence-corrected chi connectivity index (χ1v) is 7.01. The molecule has 2 aromatic rings. The minimum atomic E-state index is -0.727. The molecule has 1 aliphatic rings. The first kappa shape index (κ1) is 13.2. The van der Waals surface area contributed by atoms with Crippen molar-refractivity contribution >= 4 is 0 Å². The van der Waals surface area contributed by atoms with Crippen LogP contribution in [0.15, 0.2) is 48.9 Å². The van der Waals surface area contributed by atoms with Crippen molar-refractivity contribution in [2.75, 3.05) is 13.1 Å². The molecule has 1 aliphatic heterocycles. The number of aromatic nitrogens is 2. The lowest BCUT2D eigenvalue weighted by Gasteiger charge is -2.38. The highest BCUT2D eigenvalue weighted by atomic mass is 16.3. The fourth-order valence-electron chi connectivity index (χ4n) is 2.73. The summed E-state index contributed by atoms with van der Waals surface area (Å²) in [5.74, 6) is 0. The molecule has 0 radical (unpaired) electrons. The molecule has 3 heterocycles. The minimum Gasteiger partial charge on any atom is -0.385 e. The van der Waals surface area contributed by atoms with Crippen molar-refractivity contribution in [2.24, 2.45) is 0 Å². The molecule has 0 saturated carbocycles. The second-order valence-corrected chi connectivity index (χ2v) is 5.37. The minimum absolute atomic E-state index is 0.727. The summed E-state index contributed by atoms with van der Waals surface area (Å²) < 4.78 is 0. The van der Waals surface area contributed by atoms with Gasteiger partial charge in [-0.2, -0.15) is 0 Å². The maximum absolute atomic E-state index is 10.7. The number of piperidine rings is 1. The molecular weight excluding hydrogens is 250 g/mol. The van der Waals surface area contributed by atoms with E-state index in [-0.39, 0.29) is 0 Å². The van der Waals surface area contributed by atoms with Crippen molar-refractivity contribution in [1.29, 1.82) is 0 Å². The second kappa shape index (κ2) is 5.69. The molecule has 1 fully saturated rings. The molecule has 2 aromatic heterocycles. The van der Waals surface area contributed by atoms with Gasteiger partial charge in [-0.3, -0.25) is 14.9 Å². The van der Waals surface area contributed by atoms with Gasteiger partial charge in [0.2, 0.25) is 0 Å². The monoisotopic (exact) mass is 269 g/mol. The molecule has 0 spiro atoms. The summed E-state index contributed by atoms with van der Waals surface area (Å²) >= 11 is 0. The number of likely N-dealkylation sites (tertiary alicyclic amines) is 1. The fourth-order valence-corrected chi connectivity index (χ4v) is 2.73. The predicted octanol–water partition coefficient (Wildman–Crippen LogP) is 1.96. The lowest BCUT2D eigenvalue weighted by atomic mass is 9.85. The van der Waals surface area contributed by atoms with Gasteiger partial charge in [0.15, 0.2) is 0 Å². The van der Waals surface area contributed by atoms with Gasteiger partial charge in [-0.25, -0.2) is 0 Å². The summed E-state index contributed by atoms with van der Waals surface area (Å²) in [4.78, 5) is 10.8. The van der Waals surface area contributed by atoms with E-state index in [9.17, 15) is 5.11 Å². The van der Waals surface area contributed by atoms with Gasteiger partial charge in [0, 0.05) is 43.8 Å². The number of hydrogen-bond acceptors (Lipinski definition) is 4. The third-order valence-electron chi connectivity index (χ3n) is 3.99. The lowest BCUT2D eigenvalue weighted by Crippen LogP contribution is -2.42. The molecule has 1 N–H and O–H groups in total. The van der Waals surface area contributed by atoms with Crippen LogP contribution in [0.5, 0.6) is 0 Å². The first-order chi connectivity index (χ1) is 9.76. The van der Waals surface area contributed by atoms with Gasteiger partial charge in [-0.05, 0) is 31.0 Å². The van der Waals surface area contributed by atoms with Crippen LogP contribution in [0.1, 0.15) is 24.1 Å². The zero-order chi connectivity index (χ0) is 13.8. The Bertz CT molecular complexity index is 536. The van der Waals surface area contributed by atoms with E-state index in [1.54, 1.807) is 12.4 Å². The molecule has 3 rings (SSSR count). The van der Waals surface area contributed by atoms with Crippen molar-refractivity contribution in [3.8, 4) is 0 Å². The van der Waals surface area contributed by atoms with Crippen molar-refractivity contribution in [3.05, 3.63) is 60.2 Å². The maximum Gasteiger partial charge on any atom is 0.0935 e. The van der Waals surface area contributed by atoms with Crippen LogP contribution in [0.3, 0.4) is 0 Å². The summed E-state index contributed by atoms with van der Waals surface area (Å²) in [5, 5.41) is 10.7. The quantitative estimate of drug-likeness (QED) is 0.925. The van der Waals surface area contributed by atoms with E-state index in [4.69, 9.17) is 0 Å². The van der Waals surface area contributed by atoms with Gasteiger partial charge >= 0.3 is 0 Å². The number of rotatable bonds is 3. The predicted molar refractivity (Wildman–Crippen MR) is 76.9 cm³/mol. The Kier molecular flexibility index (Phi) is 3.76. The van der Waals surface area contributed by atoms with Gasteiger partial charge in [0.1, 0.15) is 0 Å². The number of hydrogen-bond donors (Lipinski definition) is 1. The third-order valence-corrected chi connectivity index (χ3v) is 3.99. The van der Waals surface area contributed by atoms with Crippen molar-refractivity contribution in [3.63, 3.8) is 0 Å². The molecule has 4 nitrogen and oxygen atoms in total. The average molecular weight is 269 g/mol. The molecule has 1 saturated heterocycles. The van der Waals surface area contributed by atoms with Crippen LogP contribution < -0.4 is 0 Å². The van der Waals surface area contributed by atoms with Gasteiger partial charge in [0.05, 0.1) is 11.3 Å². The summed E-state index contributed by atoms with van der Waals surface area (Å²) in [5.41, 5.74) is 1.28. The molecule has 0 bridgehead atoms. The highest BCUT2D eigenvalue weighted by Gasteiger charge is 2.34. The van der Waals surface area contributed by atoms with Crippen LogP contribution in [0, 0.1) is 0 Å². The van der Waals surface area contributed by atoms with Crippen LogP contribution in [0.4, 0.5) is 0 Å². The Morgan fingerprint density at radius 3 is 2.60 bits per heavy atom. The molecule has 0 atom stereocenters. The van der Waals surface area contributed by atoms with E-state index in [1.807, 2.05) is 36.5 Å². The van der Waals surface area contributed by atoms with E-state index in [0.717, 1.165) is 43.7 Å². The van der Waals surface area contributed by atoms with E-state index >= 15 is 0 Å². The normalized spacial score (nSPS) is 18.9. The lowest BCUT2D eigenvalue weighted by molar-refractivity contribution is -0.0282. The maximum atomic E-state index is 10.7. The molecule has 0 unspecified atom stereocenters. The van der Waals surface area contributed by atoms with E-state index in [0.29, 0.717) is 0 Å². The van der Waals surface area contributed by atoms with Crippen molar-refractivity contribution < 1.29 is 5.11 Å². The van der Waals surface area contributed by atoms with Crippen LogP contribution in [0.2, 0.25) is 0 Å². The van der Waals surface area contributed by atoms with Gasteiger partial charge in [-0.15, -0.1) is 0 Å². The molecule has 104 valence electrons. The molecule has 4 heteroatoms. The molecule has 20 heavy (non-hydrogen) atoms. The largest absolute Gasteiger partial charge is 0.385 e. The topological polar surface area (TPSA) is 49.3 Å².